The molecule has 0 spiro atoms. The van der Waals surface area contributed by atoms with E-state index in [-0.39, 0.29) is 0 Å². The van der Waals surface area contributed by atoms with Gasteiger partial charge in [-0.15, -0.1) is 0 Å². The molecule has 0 saturated heterocycles. The molecule has 0 radical (unpaired) electrons. The molecule has 0 bridgehead atoms. The van der Waals surface area contributed by atoms with E-state index in [0.29, 0.717) is 17.3 Å². The van der Waals surface area contributed by atoms with Crippen molar-refractivity contribution in [1.82, 2.24) is 4.98 Å². The van der Waals surface area contributed by atoms with E-state index >= 15 is 0 Å². The Morgan fingerprint density at radius 1 is 1.58 bits per heavy atom. The Morgan fingerprint density at radius 2 is 2.42 bits per heavy atom. The summed E-state index contributed by atoms with van der Waals surface area (Å²) in [4.78, 5) is 3.89. The third-order valence-electron chi connectivity index (χ3n) is 1.64. The molecule has 0 aliphatic rings. The van der Waals surface area contributed by atoms with Crippen molar-refractivity contribution in [3.63, 3.8) is 0 Å². The van der Waals surface area contributed by atoms with Gasteiger partial charge in [0, 0.05) is 11.6 Å². The van der Waals surface area contributed by atoms with Gasteiger partial charge in [-0.3, -0.25) is 0 Å². The zero-order chi connectivity index (χ0) is 8.55. The second kappa shape index (κ2) is 2.77. The number of nitrogens with zero attached hydrogens (tertiary/aromatic N) is 1. The van der Waals surface area contributed by atoms with Crippen molar-refractivity contribution < 1.29 is 4.42 Å². The molecule has 62 valence electrons. The lowest BCUT2D eigenvalue weighted by molar-refractivity contribution is 0.551. The highest BCUT2D eigenvalue weighted by atomic mass is 35.5. The largest absolute Gasteiger partial charge is 0.456 e. The van der Waals surface area contributed by atoms with Crippen LogP contribution in [0, 0.1) is 0 Å². The van der Waals surface area contributed by atoms with Gasteiger partial charge in [-0.2, -0.15) is 0 Å². The number of hydrogen-bond donors (Lipinski definition) is 1. The van der Waals surface area contributed by atoms with E-state index in [2.05, 4.69) is 4.98 Å². The number of fused-ring (bicyclic) bond motifs is 1. The third-order valence-corrected chi connectivity index (χ3v) is 1.91. The standard InChI is InChI=1S/C8H7ClN2O/c9-8-7-5(1-2-11-8)3-6(4-10)12-7/h1-3H,4,10H2. The van der Waals surface area contributed by atoms with E-state index in [4.69, 9.17) is 21.8 Å². The fourth-order valence-corrected chi connectivity index (χ4v) is 1.29. The number of rotatable bonds is 1. The molecule has 2 aromatic rings. The summed E-state index contributed by atoms with van der Waals surface area (Å²) in [6.45, 7) is 0.380. The smallest absolute Gasteiger partial charge is 0.172 e. The maximum atomic E-state index is 5.78. The summed E-state index contributed by atoms with van der Waals surface area (Å²) < 4.78 is 5.33. The molecule has 0 aromatic carbocycles. The van der Waals surface area contributed by atoms with Gasteiger partial charge >= 0.3 is 0 Å². The molecule has 12 heavy (non-hydrogen) atoms. The van der Waals surface area contributed by atoms with Crippen LogP contribution in [-0.2, 0) is 6.54 Å². The summed E-state index contributed by atoms with van der Waals surface area (Å²) in [6, 6.07) is 3.70. The molecule has 0 saturated carbocycles. The van der Waals surface area contributed by atoms with Gasteiger partial charge < -0.3 is 10.2 Å². The molecule has 2 N–H and O–H groups in total. The fourth-order valence-electron chi connectivity index (χ4n) is 1.09. The number of aromatic nitrogens is 1. The van der Waals surface area contributed by atoms with E-state index in [9.17, 15) is 0 Å². The Hall–Kier alpha value is -1.06. The van der Waals surface area contributed by atoms with E-state index < -0.39 is 0 Å². The minimum Gasteiger partial charge on any atom is -0.456 e. The summed E-state index contributed by atoms with van der Waals surface area (Å²) in [5.74, 6) is 0.722. The SMILES string of the molecule is NCc1cc2ccnc(Cl)c2o1. The van der Waals surface area contributed by atoms with Crippen molar-refractivity contribution in [3.8, 4) is 0 Å². The van der Waals surface area contributed by atoms with Crippen LogP contribution in [0.3, 0.4) is 0 Å². The average molecular weight is 183 g/mol. The van der Waals surface area contributed by atoms with Gasteiger partial charge in [0.2, 0.25) is 0 Å². The van der Waals surface area contributed by atoms with Gasteiger partial charge in [-0.25, -0.2) is 4.98 Å². The molecular formula is C8H7ClN2O. The molecule has 2 rings (SSSR count). The van der Waals surface area contributed by atoms with Gasteiger partial charge in [0.1, 0.15) is 5.76 Å². The number of hydrogen-bond acceptors (Lipinski definition) is 3. The summed E-state index contributed by atoms with van der Waals surface area (Å²) in [6.07, 6.45) is 1.64. The molecule has 0 fully saturated rings. The summed E-state index contributed by atoms with van der Waals surface area (Å²) >= 11 is 5.78. The van der Waals surface area contributed by atoms with Crippen molar-refractivity contribution in [2.45, 2.75) is 6.54 Å². The second-order valence-corrected chi connectivity index (χ2v) is 2.79. The zero-order valence-electron chi connectivity index (χ0n) is 6.25. The van der Waals surface area contributed by atoms with Gasteiger partial charge in [0.25, 0.3) is 0 Å². The first-order chi connectivity index (χ1) is 5.81. The molecule has 4 heteroatoms. The minimum atomic E-state index is 0.380. The summed E-state index contributed by atoms with van der Waals surface area (Å²) in [5, 5.41) is 1.32. The molecule has 3 nitrogen and oxygen atoms in total. The van der Waals surface area contributed by atoms with Crippen LogP contribution in [0.5, 0.6) is 0 Å². The normalized spacial score (nSPS) is 10.8. The van der Waals surface area contributed by atoms with Crippen molar-refractivity contribution in [2.75, 3.05) is 0 Å². The highest BCUT2D eigenvalue weighted by Gasteiger charge is 2.05. The first-order valence-electron chi connectivity index (χ1n) is 3.54. The fraction of sp³-hybridized carbons (Fsp3) is 0.125. The first-order valence-corrected chi connectivity index (χ1v) is 3.92. The lowest BCUT2D eigenvalue weighted by Gasteiger charge is -1.88. The van der Waals surface area contributed by atoms with E-state index in [1.54, 1.807) is 6.20 Å². The van der Waals surface area contributed by atoms with Crippen LogP contribution in [0.4, 0.5) is 0 Å². The minimum absolute atomic E-state index is 0.380. The van der Waals surface area contributed by atoms with Crippen LogP contribution in [0.1, 0.15) is 5.76 Å². The van der Waals surface area contributed by atoms with Crippen LogP contribution in [0.2, 0.25) is 5.15 Å². The molecule has 2 heterocycles. The van der Waals surface area contributed by atoms with Gasteiger partial charge in [-0.05, 0) is 12.1 Å². The highest BCUT2D eigenvalue weighted by molar-refractivity contribution is 6.33. The zero-order valence-corrected chi connectivity index (χ0v) is 7.01. The Morgan fingerprint density at radius 3 is 3.08 bits per heavy atom. The number of furan rings is 1. The Kier molecular flexibility index (Phi) is 1.75. The van der Waals surface area contributed by atoms with Crippen LogP contribution >= 0.6 is 11.6 Å². The summed E-state index contributed by atoms with van der Waals surface area (Å²) in [5.41, 5.74) is 6.02. The third kappa shape index (κ3) is 1.07. The van der Waals surface area contributed by atoms with Crippen molar-refractivity contribution in [3.05, 3.63) is 29.2 Å². The van der Waals surface area contributed by atoms with E-state index in [0.717, 1.165) is 11.1 Å². The van der Waals surface area contributed by atoms with Crippen LogP contribution < -0.4 is 5.73 Å². The van der Waals surface area contributed by atoms with E-state index in [1.165, 1.54) is 0 Å². The Bertz CT molecular complexity index is 410. The second-order valence-electron chi connectivity index (χ2n) is 2.44. The topological polar surface area (TPSA) is 52.0 Å². The van der Waals surface area contributed by atoms with Gasteiger partial charge in [-0.1, -0.05) is 11.6 Å². The first kappa shape index (κ1) is 7.58. The lowest BCUT2D eigenvalue weighted by Crippen LogP contribution is -1.92. The van der Waals surface area contributed by atoms with E-state index in [1.807, 2.05) is 12.1 Å². The Labute approximate surface area is 74.1 Å². The number of halogens is 1. The van der Waals surface area contributed by atoms with Gasteiger partial charge in [0.15, 0.2) is 10.7 Å². The van der Waals surface area contributed by atoms with Crippen LogP contribution in [-0.4, -0.2) is 4.98 Å². The molecule has 0 aliphatic carbocycles. The maximum Gasteiger partial charge on any atom is 0.172 e. The monoisotopic (exact) mass is 182 g/mol. The molecule has 0 amide bonds. The van der Waals surface area contributed by atoms with Gasteiger partial charge in [0.05, 0.1) is 6.54 Å². The molecular weight excluding hydrogens is 176 g/mol. The maximum absolute atomic E-state index is 5.78. The molecule has 0 unspecified atom stereocenters. The lowest BCUT2D eigenvalue weighted by atomic mass is 10.3. The quantitative estimate of drug-likeness (QED) is 0.686. The molecule has 0 aliphatic heterocycles. The highest BCUT2D eigenvalue weighted by Crippen LogP contribution is 2.24. The van der Waals surface area contributed by atoms with Crippen molar-refractivity contribution in [1.29, 1.82) is 0 Å². The summed E-state index contributed by atoms with van der Waals surface area (Å²) in [7, 11) is 0. The Balaban J connectivity index is 2.74. The van der Waals surface area contributed by atoms with Crippen molar-refractivity contribution >= 4 is 22.6 Å². The average Bonchev–Trinajstić information content (AvgIpc) is 2.49. The van der Waals surface area contributed by atoms with Crippen LogP contribution in [0.25, 0.3) is 11.0 Å². The molecule has 0 atom stereocenters. The number of nitrogens with two attached hydrogens (primary N) is 1. The number of pyridine rings is 1. The van der Waals surface area contributed by atoms with Crippen molar-refractivity contribution in [2.24, 2.45) is 5.73 Å². The predicted molar refractivity (Wildman–Crippen MR) is 46.9 cm³/mol. The predicted octanol–water partition coefficient (Wildman–Crippen LogP) is 1.94. The van der Waals surface area contributed by atoms with Crippen LogP contribution in [0.15, 0.2) is 22.7 Å². The molecule has 2 aromatic heterocycles.